The lowest BCUT2D eigenvalue weighted by atomic mass is 10.0. The van der Waals surface area contributed by atoms with Crippen LogP contribution < -0.4 is 11.1 Å². The monoisotopic (exact) mass is 393 g/mol. The zero-order chi connectivity index (χ0) is 16.7. The number of aryl methyl sites for hydroxylation is 1. The topological polar surface area (TPSA) is 76.8 Å². The standard InChI is InChI=1S/C17H27N3O3.2ClH/c1-13-4-3-5-14(10-13)16(20-6-8-23-9-7-20)11-19-17(21)15(18)12-22-2;;/h3-5,10,15-16H,6-9,11-12,18H2,1-2H3,(H,19,21);2*1H. The molecule has 144 valence electrons. The lowest BCUT2D eigenvalue weighted by molar-refractivity contribution is -0.123. The number of halogens is 2. The van der Waals surface area contributed by atoms with Gasteiger partial charge in [-0.1, -0.05) is 29.8 Å². The van der Waals surface area contributed by atoms with Crippen LogP contribution in [0, 0.1) is 6.92 Å². The quantitative estimate of drug-likeness (QED) is 0.729. The number of nitrogens with two attached hydrogens (primary N) is 1. The molecule has 1 aromatic carbocycles. The smallest absolute Gasteiger partial charge is 0.239 e. The van der Waals surface area contributed by atoms with Crippen molar-refractivity contribution < 1.29 is 14.3 Å². The fraction of sp³-hybridized carbons (Fsp3) is 0.588. The van der Waals surface area contributed by atoms with E-state index in [2.05, 4.69) is 41.4 Å². The number of ether oxygens (including phenoxy) is 2. The molecule has 2 atom stereocenters. The van der Waals surface area contributed by atoms with Crippen molar-refractivity contribution in [1.82, 2.24) is 10.2 Å². The van der Waals surface area contributed by atoms with E-state index in [0.717, 1.165) is 26.3 Å². The third-order valence-corrected chi connectivity index (χ3v) is 4.07. The highest BCUT2D eigenvalue weighted by Gasteiger charge is 2.24. The number of nitrogens with zero attached hydrogens (tertiary/aromatic N) is 1. The normalized spacial score (nSPS) is 16.9. The van der Waals surface area contributed by atoms with Gasteiger partial charge in [0, 0.05) is 26.7 Å². The van der Waals surface area contributed by atoms with Crippen LogP contribution in [0.25, 0.3) is 0 Å². The largest absolute Gasteiger partial charge is 0.383 e. The van der Waals surface area contributed by atoms with Crippen LogP contribution in [0.3, 0.4) is 0 Å². The second-order valence-corrected chi connectivity index (χ2v) is 5.89. The lowest BCUT2D eigenvalue weighted by Gasteiger charge is -2.35. The number of hydrogen-bond acceptors (Lipinski definition) is 5. The van der Waals surface area contributed by atoms with Gasteiger partial charge in [-0.25, -0.2) is 0 Å². The Morgan fingerprint density at radius 2 is 2.04 bits per heavy atom. The fourth-order valence-corrected chi connectivity index (χ4v) is 2.81. The molecule has 2 unspecified atom stereocenters. The van der Waals surface area contributed by atoms with Crippen LogP contribution in [0.5, 0.6) is 0 Å². The van der Waals surface area contributed by atoms with Crippen LogP contribution in [0.1, 0.15) is 17.2 Å². The first-order valence-electron chi connectivity index (χ1n) is 8.02. The van der Waals surface area contributed by atoms with Gasteiger partial charge < -0.3 is 20.5 Å². The van der Waals surface area contributed by atoms with E-state index in [1.54, 1.807) is 0 Å². The molecule has 2 rings (SSSR count). The van der Waals surface area contributed by atoms with Gasteiger partial charge in [-0.15, -0.1) is 24.8 Å². The third kappa shape index (κ3) is 7.48. The maximum Gasteiger partial charge on any atom is 0.239 e. The van der Waals surface area contributed by atoms with Crippen LogP contribution in [0.2, 0.25) is 0 Å². The SMILES string of the molecule is COCC(N)C(=O)NCC(c1cccc(C)c1)N1CCOCC1.Cl.Cl. The number of hydrogen-bond donors (Lipinski definition) is 2. The minimum absolute atomic E-state index is 0. The number of methoxy groups -OCH3 is 1. The summed E-state index contributed by atoms with van der Waals surface area (Å²) in [6.07, 6.45) is 0. The van der Waals surface area contributed by atoms with Gasteiger partial charge >= 0.3 is 0 Å². The second kappa shape index (κ2) is 12.5. The van der Waals surface area contributed by atoms with E-state index < -0.39 is 6.04 Å². The maximum atomic E-state index is 12.1. The molecule has 1 aromatic rings. The van der Waals surface area contributed by atoms with Crippen molar-refractivity contribution in [3.63, 3.8) is 0 Å². The van der Waals surface area contributed by atoms with Crippen LogP contribution in [-0.4, -0.2) is 63.4 Å². The molecule has 0 aromatic heterocycles. The minimum atomic E-state index is -0.636. The van der Waals surface area contributed by atoms with E-state index in [0.29, 0.717) is 6.54 Å². The van der Waals surface area contributed by atoms with Crippen molar-refractivity contribution >= 4 is 30.7 Å². The molecule has 6 nitrogen and oxygen atoms in total. The summed E-state index contributed by atoms with van der Waals surface area (Å²) in [4.78, 5) is 14.4. The molecule has 1 amide bonds. The molecule has 8 heteroatoms. The van der Waals surface area contributed by atoms with E-state index >= 15 is 0 Å². The number of nitrogens with one attached hydrogen (secondary N) is 1. The number of morpholine rings is 1. The van der Waals surface area contributed by atoms with Crippen LogP contribution in [-0.2, 0) is 14.3 Å². The summed E-state index contributed by atoms with van der Waals surface area (Å²) in [5, 5.41) is 2.96. The summed E-state index contributed by atoms with van der Waals surface area (Å²) in [6.45, 7) is 5.99. The molecule has 0 aliphatic carbocycles. The maximum absolute atomic E-state index is 12.1. The van der Waals surface area contributed by atoms with Crippen molar-refractivity contribution in [2.75, 3.05) is 46.6 Å². The summed E-state index contributed by atoms with van der Waals surface area (Å²) >= 11 is 0. The van der Waals surface area contributed by atoms with Crippen molar-refractivity contribution in [1.29, 1.82) is 0 Å². The molecular formula is C17H29Cl2N3O3. The van der Waals surface area contributed by atoms with Crippen LogP contribution >= 0.6 is 24.8 Å². The van der Waals surface area contributed by atoms with Gasteiger partial charge in [0.25, 0.3) is 0 Å². The summed E-state index contributed by atoms with van der Waals surface area (Å²) in [7, 11) is 1.54. The molecule has 1 saturated heterocycles. The minimum Gasteiger partial charge on any atom is -0.383 e. The molecule has 1 aliphatic heterocycles. The first-order valence-corrected chi connectivity index (χ1v) is 8.02. The van der Waals surface area contributed by atoms with E-state index in [4.69, 9.17) is 15.2 Å². The van der Waals surface area contributed by atoms with Gasteiger partial charge in [0.1, 0.15) is 6.04 Å². The Balaban J connectivity index is 0.00000288. The zero-order valence-corrected chi connectivity index (χ0v) is 16.4. The molecule has 0 spiro atoms. The summed E-state index contributed by atoms with van der Waals surface area (Å²) in [6, 6.07) is 7.89. The van der Waals surface area contributed by atoms with E-state index in [1.807, 2.05) is 0 Å². The predicted molar refractivity (Wildman–Crippen MR) is 104 cm³/mol. The Labute approximate surface area is 162 Å². The third-order valence-electron chi connectivity index (χ3n) is 4.07. The molecule has 1 aliphatic rings. The second-order valence-electron chi connectivity index (χ2n) is 5.89. The van der Waals surface area contributed by atoms with Crippen LogP contribution in [0.15, 0.2) is 24.3 Å². The highest BCUT2D eigenvalue weighted by molar-refractivity contribution is 5.85. The molecular weight excluding hydrogens is 365 g/mol. The number of carbonyl (C=O) groups excluding carboxylic acids is 1. The Morgan fingerprint density at radius 1 is 1.36 bits per heavy atom. The van der Waals surface area contributed by atoms with Gasteiger partial charge in [0.05, 0.1) is 25.9 Å². The first kappa shape index (κ1) is 24.1. The summed E-state index contributed by atoms with van der Waals surface area (Å²) in [5.74, 6) is -0.183. The average molecular weight is 394 g/mol. The van der Waals surface area contributed by atoms with Crippen molar-refractivity contribution in [2.24, 2.45) is 5.73 Å². The number of rotatable bonds is 7. The van der Waals surface area contributed by atoms with Crippen molar-refractivity contribution in [3.05, 3.63) is 35.4 Å². The first-order chi connectivity index (χ1) is 11.1. The van der Waals surface area contributed by atoms with Crippen molar-refractivity contribution in [3.8, 4) is 0 Å². The van der Waals surface area contributed by atoms with E-state index in [-0.39, 0.29) is 43.4 Å². The van der Waals surface area contributed by atoms with E-state index in [1.165, 1.54) is 18.2 Å². The van der Waals surface area contributed by atoms with Crippen molar-refractivity contribution in [2.45, 2.75) is 19.0 Å². The van der Waals surface area contributed by atoms with E-state index in [9.17, 15) is 4.79 Å². The average Bonchev–Trinajstić information content (AvgIpc) is 2.56. The molecule has 3 N–H and O–H groups in total. The fourth-order valence-electron chi connectivity index (χ4n) is 2.81. The van der Waals surface area contributed by atoms with Gasteiger partial charge in [0.15, 0.2) is 0 Å². The molecule has 25 heavy (non-hydrogen) atoms. The molecule has 1 fully saturated rings. The van der Waals surface area contributed by atoms with Crippen LogP contribution in [0.4, 0.5) is 0 Å². The Kier molecular flexibility index (Phi) is 12.0. The lowest BCUT2D eigenvalue weighted by Crippen LogP contribution is -2.48. The van der Waals surface area contributed by atoms with Gasteiger partial charge in [-0.3, -0.25) is 9.69 Å². The van der Waals surface area contributed by atoms with Gasteiger partial charge in [-0.2, -0.15) is 0 Å². The van der Waals surface area contributed by atoms with Gasteiger partial charge in [0.2, 0.25) is 5.91 Å². The Bertz CT molecular complexity index is 514. The molecule has 0 saturated carbocycles. The predicted octanol–water partition coefficient (Wildman–Crippen LogP) is 1.30. The highest BCUT2D eigenvalue weighted by atomic mass is 35.5. The number of carbonyl (C=O) groups is 1. The number of benzene rings is 1. The molecule has 1 heterocycles. The summed E-state index contributed by atoms with van der Waals surface area (Å²) in [5.41, 5.74) is 8.20. The molecule has 0 radical (unpaired) electrons. The summed E-state index contributed by atoms with van der Waals surface area (Å²) < 4.78 is 10.4. The zero-order valence-electron chi connectivity index (χ0n) is 14.8. The van der Waals surface area contributed by atoms with Gasteiger partial charge in [-0.05, 0) is 12.5 Å². The Morgan fingerprint density at radius 3 is 2.64 bits per heavy atom. The molecule has 0 bridgehead atoms. The highest BCUT2D eigenvalue weighted by Crippen LogP contribution is 2.22. The Hall–Kier alpha value is -0.890. The number of amides is 1.